The van der Waals surface area contributed by atoms with Crippen molar-refractivity contribution in [1.82, 2.24) is 4.98 Å². The van der Waals surface area contributed by atoms with Crippen LogP contribution < -0.4 is 5.73 Å². The predicted octanol–water partition coefficient (Wildman–Crippen LogP) is 1.35. The zero-order chi connectivity index (χ0) is 9.14. The molecule has 0 radical (unpaired) electrons. The molecule has 0 fully saturated rings. The summed E-state index contributed by atoms with van der Waals surface area (Å²) in [5.74, 6) is -0.743. The van der Waals surface area contributed by atoms with Crippen LogP contribution in [0, 0.1) is 11.4 Å². The summed E-state index contributed by atoms with van der Waals surface area (Å²) in [6.07, 6.45) is 1.25. The number of pyridine rings is 1. The highest BCUT2D eigenvalue weighted by Gasteiger charge is 2.04. The molecule has 0 saturated carbocycles. The molecule has 3 N–H and O–H groups in total. The van der Waals surface area contributed by atoms with Crippen LogP contribution in [0.3, 0.4) is 0 Å². The lowest BCUT2D eigenvalue weighted by Crippen LogP contribution is -2.14. The van der Waals surface area contributed by atoms with Gasteiger partial charge < -0.3 is 5.73 Å². The molecule has 0 aliphatic rings. The van der Waals surface area contributed by atoms with Crippen molar-refractivity contribution in [2.24, 2.45) is 5.73 Å². The Morgan fingerprint density at radius 2 is 2.42 bits per heavy atom. The van der Waals surface area contributed by atoms with E-state index in [9.17, 15) is 4.39 Å². The highest BCUT2D eigenvalue weighted by molar-refractivity contribution is 6.30. The third kappa shape index (κ3) is 2.17. The molecule has 0 aliphatic heterocycles. The molecular formula is C7H7ClFN3. The van der Waals surface area contributed by atoms with Gasteiger partial charge >= 0.3 is 0 Å². The molecule has 0 atom stereocenters. The number of hydrogen-bond acceptors (Lipinski definition) is 2. The lowest BCUT2D eigenvalue weighted by atomic mass is 10.2. The summed E-state index contributed by atoms with van der Waals surface area (Å²) >= 11 is 5.56. The maximum Gasteiger partial charge on any atom is 0.216 e. The molecule has 12 heavy (non-hydrogen) atoms. The van der Waals surface area contributed by atoms with Crippen molar-refractivity contribution >= 4 is 17.4 Å². The Kier molecular flexibility index (Phi) is 2.60. The van der Waals surface area contributed by atoms with Gasteiger partial charge in [-0.15, -0.1) is 0 Å². The largest absolute Gasteiger partial charge is 0.387 e. The Bertz CT molecular complexity index is 314. The Labute approximate surface area is 73.9 Å². The van der Waals surface area contributed by atoms with Crippen molar-refractivity contribution in [2.45, 2.75) is 6.42 Å². The minimum atomic E-state index is -0.630. The van der Waals surface area contributed by atoms with E-state index in [0.29, 0.717) is 5.02 Å². The minimum absolute atomic E-state index is 0.0411. The number of hydrogen-bond donors (Lipinski definition) is 2. The first kappa shape index (κ1) is 8.93. The van der Waals surface area contributed by atoms with E-state index in [4.69, 9.17) is 22.7 Å². The smallest absolute Gasteiger partial charge is 0.216 e. The fraction of sp³-hybridized carbons (Fsp3) is 0.143. The Morgan fingerprint density at radius 1 is 1.75 bits per heavy atom. The van der Waals surface area contributed by atoms with Gasteiger partial charge in [0.15, 0.2) is 0 Å². The third-order valence-corrected chi connectivity index (χ3v) is 1.47. The lowest BCUT2D eigenvalue weighted by molar-refractivity contribution is 0.572. The van der Waals surface area contributed by atoms with E-state index in [0.717, 1.165) is 0 Å². The molecule has 0 unspecified atom stereocenters. The number of halogens is 2. The van der Waals surface area contributed by atoms with E-state index in [1.54, 1.807) is 0 Å². The second-order valence-electron chi connectivity index (χ2n) is 2.31. The van der Waals surface area contributed by atoms with Gasteiger partial charge in [0.1, 0.15) is 0 Å². The first-order chi connectivity index (χ1) is 5.59. The van der Waals surface area contributed by atoms with Crippen LogP contribution in [0.2, 0.25) is 5.02 Å². The molecule has 0 aliphatic carbocycles. The van der Waals surface area contributed by atoms with Gasteiger partial charge in [0.2, 0.25) is 5.95 Å². The van der Waals surface area contributed by atoms with Gasteiger partial charge in [-0.1, -0.05) is 11.6 Å². The summed E-state index contributed by atoms with van der Waals surface area (Å²) in [5, 5.41) is 7.28. The normalized spacial score (nSPS) is 9.83. The van der Waals surface area contributed by atoms with Crippen LogP contribution in [0.4, 0.5) is 4.39 Å². The molecule has 0 saturated heterocycles. The Hall–Kier alpha value is -1.16. The molecule has 1 rings (SSSR count). The monoisotopic (exact) mass is 187 g/mol. The van der Waals surface area contributed by atoms with Gasteiger partial charge in [0, 0.05) is 18.2 Å². The first-order valence-electron chi connectivity index (χ1n) is 3.22. The molecule has 1 aromatic rings. The molecular weight excluding hydrogens is 181 g/mol. The van der Waals surface area contributed by atoms with Crippen LogP contribution in [-0.2, 0) is 6.42 Å². The lowest BCUT2D eigenvalue weighted by Gasteiger charge is -2.00. The van der Waals surface area contributed by atoms with Crippen LogP contribution in [0.1, 0.15) is 5.56 Å². The zero-order valence-electron chi connectivity index (χ0n) is 6.14. The molecule has 64 valence electrons. The molecule has 0 bridgehead atoms. The SMILES string of the molecule is N=C(N)Cc1cc(Cl)cnc1F. The topological polar surface area (TPSA) is 62.8 Å². The molecule has 0 amide bonds. The van der Waals surface area contributed by atoms with Crippen molar-refractivity contribution in [2.75, 3.05) is 0 Å². The van der Waals surface area contributed by atoms with E-state index in [1.165, 1.54) is 12.3 Å². The fourth-order valence-electron chi connectivity index (χ4n) is 0.794. The van der Waals surface area contributed by atoms with E-state index in [2.05, 4.69) is 4.98 Å². The minimum Gasteiger partial charge on any atom is -0.387 e. The maximum atomic E-state index is 12.8. The zero-order valence-corrected chi connectivity index (χ0v) is 6.90. The summed E-state index contributed by atoms with van der Waals surface area (Å²) in [4.78, 5) is 3.38. The number of nitrogens with one attached hydrogen (secondary N) is 1. The number of nitrogens with two attached hydrogens (primary N) is 1. The van der Waals surface area contributed by atoms with E-state index in [-0.39, 0.29) is 17.8 Å². The van der Waals surface area contributed by atoms with Gasteiger partial charge in [-0.25, -0.2) is 4.98 Å². The highest BCUT2D eigenvalue weighted by Crippen LogP contribution is 2.12. The first-order valence-corrected chi connectivity index (χ1v) is 3.60. The van der Waals surface area contributed by atoms with Crippen LogP contribution in [0.5, 0.6) is 0 Å². The molecule has 0 spiro atoms. The third-order valence-electron chi connectivity index (χ3n) is 1.26. The number of amidine groups is 1. The van der Waals surface area contributed by atoms with Crippen LogP contribution in [0.25, 0.3) is 0 Å². The molecule has 5 heteroatoms. The molecule has 1 heterocycles. The summed E-state index contributed by atoms with van der Waals surface area (Å²) < 4.78 is 12.8. The Balaban J connectivity index is 2.97. The van der Waals surface area contributed by atoms with Gasteiger partial charge in [-0.3, -0.25) is 5.41 Å². The fourth-order valence-corrected chi connectivity index (χ4v) is 0.974. The van der Waals surface area contributed by atoms with Crippen molar-refractivity contribution in [3.63, 3.8) is 0 Å². The highest BCUT2D eigenvalue weighted by atomic mass is 35.5. The maximum absolute atomic E-state index is 12.8. The molecule has 3 nitrogen and oxygen atoms in total. The quantitative estimate of drug-likeness (QED) is 0.417. The van der Waals surface area contributed by atoms with Gasteiger partial charge in [0.25, 0.3) is 0 Å². The van der Waals surface area contributed by atoms with Crippen LogP contribution >= 0.6 is 11.6 Å². The average molecular weight is 188 g/mol. The van der Waals surface area contributed by atoms with E-state index >= 15 is 0 Å². The van der Waals surface area contributed by atoms with Crippen LogP contribution in [0.15, 0.2) is 12.3 Å². The summed E-state index contributed by atoms with van der Waals surface area (Å²) in [5.41, 5.74) is 5.33. The average Bonchev–Trinajstić information content (AvgIpc) is 1.96. The van der Waals surface area contributed by atoms with Gasteiger partial charge in [0.05, 0.1) is 10.9 Å². The standard InChI is InChI=1S/C7H7ClFN3/c8-5-1-4(2-6(10)11)7(9)12-3-5/h1,3H,2H2,(H3,10,11). The van der Waals surface area contributed by atoms with E-state index in [1.807, 2.05) is 0 Å². The number of nitrogens with zero attached hydrogens (tertiary/aromatic N) is 1. The summed E-state index contributed by atoms with van der Waals surface area (Å²) in [6.45, 7) is 0. The van der Waals surface area contributed by atoms with Crippen LogP contribution in [-0.4, -0.2) is 10.8 Å². The number of rotatable bonds is 2. The van der Waals surface area contributed by atoms with Crippen molar-refractivity contribution in [3.05, 3.63) is 28.8 Å². The molecule has 0 aromatic carbocycles. The van der Waals surface area contributed by atoms with Gasteiger partial charge in [-0.2, -0.15) is 4.39 Å². The predicted molar refractivity (Wildman–Crippen MR) is 44.8 cm³/mol. The van der Waals surface area contributed by atoms with Crippen molar-refractivity contribution in [1.29, 1.82) is 5.41 Å². The second kappa shape index (κ2) is 3.49. The van der Waals surface area contributed by atoms with E-state index < -0.39 is 5.95 Å². The molecule has 1 aromatic heterocycles. The van der Waals surface area contributed by atoms with Crippen molar-refractivity contribution in [3.8, 4) is 0 Å². The number of aromatic nitrogens is 1. The van der Waals surface area contributed by atoms with Gasteiger partial charge in [-0.05, 0) is 6.07 Å². The Morgan fingerprint density at radius 3 is 3.00 bits per heavy atom. The summed E-state index contributed by atoms with van der Waals surface area (Å²) in [7, 11) is 0. The summed E-state index contributed by atoms with van der Waals surface area (Å²) in [6, 6.07) is 1.41. The van der Waals surface area contributed by atoms with Crippen molar-refractivity contribution < 1.29 is 4.39 Å². The second-order valence-corrected chi connectivity index (χ2v) is 2.74.